The Kier molecular flexibility index (Phi) is 7.45. The summed E-state index contributed by atoms with van der Waals surface area (Å²) in [6, 6.07) is 14.4. The second-order valence-electron chi connectivity index (χ2n) is 5.98. The first-order chi connectivity index (χ1) is 12.9. The lowest BCUT2D eigenvalue weighted by atomic mass is 10.1. The number of hydrogen-bond donors (Lipinski definition) is 2. The van der Waals surface area contributed by atoms with E-state index in [4.69, 9.17) is 23.2 Å². The Bertz CT molecular complexity index is 983. The average Bonchev–Trinajstić information content (AvgIpc) is 3.14. The fourth-order valence-corrected chi connectivity index (χ4v) is 2.74. The van der Waals surface area contributed by atoms with Crippen LogP contribution in [0.15, 0.2) is 53.6 Å². The van der Waals surface area contributed by atoms with Crippen molar-refractivity contribution in [3.63, 3.8) is 0 Å². The summed E-state index contributed by atoms with van der Waals surface area (Å²) in [5.74, 6) is -0.409. The molecule has 9 heteroatoms. The summed E-state index contributed by atoms with van der Waals surface area (Å²) in [4.78, 5) is 14.2. The number of benzene rings is 2. The lowest BCUT2D eigenvalue weighted by molar-refractivity contribution is 0.0950. The molecule has 2 aromatic carbocycles. The van der Waals surface area contributed by atoms with Crippen molar-refractivity contribution in [1.82, 2.24) is 15.6 Å². The molecule has 0 fully saturated rings. The van der Waals surface area contributed by atoms with Crippen LogP contribution < -0.4 is 10.3 Å². The smallest absolute Gasteiger partial charge is 0.289 e. The summed E-state index contributed by atoms with van der Waals surface area (Å²) >= 11 is 12.2. The van der Waals surface area contributed by atoms with Gasteiger partial charge in [0.2, 0.25) is 0 Å². The third kappa shape index (κ3) is 5.25. The number of nitrogens with zero attached hydrogens (tertiary/aromatic N) is 3. The Labute approximate surface area is 178 Å². The minimum absolute atomic E-state index is 0. The molecule has 3 aromatic rings. The van der Waals surface area contributed by atoms with Gasteiger partial charge in [0.05, 0.1) is 16.9 Å². The van der Waals surface area contributed by atoms with Crippen molar-refractivity contribution >= 4 is 53.4 Å². The number of aromatic nitrogens is 2. The molecular formula is C19H18Cl3N5O. The number of H-pyrrole nitrogens is 1. The highest BCUT2D eigenvalue weighted by atomic mass is 35.5. The van der Waals surface area contributed by atoms with Gasteiger partial charge >= 0.3 is 0 Å². The molecule has 0 saturated carbocycles. The summed E-state index contributed by atoms with van der Waals surface area (Å²) in [5.41, 5.74) is 5.85. The maximum absolute atomic E-state index is 12.2. The summed E-state index contributed by atoms with van der Waals surface area (Å²) < 4.78 is 0. The van der Waals surface area contributed by atoms with E-state index in [9.17, 15) is 4.79 Å². The van der Waals surface area contributed by atoms with Gasteiger partial charge < -0.3 is 4.90 Å². The van der Waals surface area contributed by atoms with Crippen LogP contribution in [0.25, 0.3) is 11.3 Å². The first-order valence-electron chi connectivity index (χ1n) is 8.05. The number of hydrogen-bond acceptors (Lipinski definition) is 4. The van der Waals surface area contributed by atoms with Crippen LogP contribution in [-0.2, 0) is 0 Å². The molecule has 0 atom stereocenters. The van der Waals surface area contributed by atoms with Crippen molar-refractivity contribution in [2.45, 2.75) is 0 Å². The number of anilines is 1. The molecule has 1 heterocycles. The monoisotopic (exact) mass is 437 g/mol. The number of nitrogens with one attached hydrogen (secondary N) is 2. The zero-order valence-electron chi connectivity index (χ0n) is 15.1. The van der Waals surface area contributed by atoms with E-state index in [0.717, 1.165) is 11.3 Å². The SMILES string of the molecule is CN(C)c1ccc(/C=N/NC(=O)c2cc(-c3cc(Cl)ccc3Cl)n[nH]2)cc1.Cl. The molecule has 3 rings (SSSR count). The van der Waals surface area contributed by atoms with Crippen LogP contribution in [0.3, 0.4) is 0 Å². The second kappa shape index (κ2) is 9.59. The van der Waals surface area contributed by atoms with Crippen LogP contribution in [0, 0.1) is 0 Å². The maximum atomic E-state index is 12.2. The Morgan fingerprint density at radius 3 is 2.54 bits per heavy atom. The molecule has 2 N–H and O–H groups in total. The van der Waals surface area contributed by atoms with Crippen molar-refractivity contribution in [1.29, 1.82) is 0 Å². The summed E-state index contributed by atoms with van der Waals surface area (Å²) in [6.45, 7) is 0. The first kappa shape index (κ1) is 21.8. The van der Waals surface area contributed by atoms with Gasteiger partial charge in [-0.3, -0.25) is 9.89 Å². The minimum Gasteiger partial charge on any atom is -0.378 e. The Hall–Kier alpha value is -2.54. The number of halogens is 3. The van der Waals surface area contributed by atoms with Crippen molar-refractivity contribution in [3.05, 3.63) is 69.8 Å². The Balaban J connectivity index is 0.00000280. The molecule has 0 spiro atoms. The van der Waals surface area contributed by atoms with E-state index in [-0.39, 0.29) is 18.1 Å². The van der Waals surface area contributed by atoms with E-state index >= 15 is 0 Å². The quantitative estimate of drug-likeness (QED) is 0.450. The fraction of sp³-hybridized carbons (Fsp3) is 0.105. The molecule has 0 aliphatic carbocycles. The first-order valence-corrected chi connectivity index (χ1v) is 8.81. The lowest BCUT2D eigenvalue weighted by Crippen LogP contribution is -2.18. The third-order valence-electron chi connectivity index (χ3n) is 3.82. The Morgan fingerprint density at radius 2 is 1.86 bits per heavy atom. The van der Waals surface area contributed by atoms with Crippen LogP contribution >= 0.6 is 35.6 Å². The molecule has 0 unspecified atom stereocenters. The normalized spacial score (nSPS) is 10.6. The standard InChI is InChI=1S/C19H17Cl2N5O.ClH/c1-26(2)14-6-3-12(4-7-14)11-22-25-19(27)18-10-17(23-24-18)15-9-13(20)5-8-16(15)21;/h3-11H,1-2H3,(H,23,24)(H,25,27);1H/b22-11+;. The number of hydrazone groups is 1. The van der Waals surface area contributed by atoms with E-state index in [0.29, 0.717) is 21.3 Å². The van der Waals surface area contributed by atoms with Crippen LogP contribution in [0.4, 0.5) is 5.69 Å². The number of aromatic amines is 1. The molecule has 28 heavy (non-hydrogen) atoms. The predicted molar refractivity (Wildman–Crippen MR) is 117 cm³/mol. The second-order valence-corrected chi connectivity index (χ2v) is 6.82. The number of rotatable bonds is 5. The molecule has 0 saturated heterocycles. The van der Waals surface area contributed by atoms with Crippen LogP contribution in [0.2, 0.25) is 10.0 Å². The largest absolute Gasteiger partial charge is 0.378 e. The van der Waals surface area contributed by atoms with Crippen LogP contribution in [0.1, 0.15) is 16.1 Å². The van der Waals surface area contributed by atoms with E-state index in [1.807, 2.05) is 43.3 Å². The van der Waals surface area contributed by atoms with Crippen molar-refractivity contribution in [2.24, 2.45) is 5.10 Å². The highest BCUT2D eigenvalue weighted by molar-refractivity contribution is 6.35. The molecule has 146 valence electrons. The molecule has 1 amide bonds. The van der Waals surface area contributed by atoms with Crippen molar-refractivity contribution in [2.75, 3.05) is 19.0 Å². The molecular weight excluding hydrogens is 421 g/mol. The molecule has 1 aromatic heterocycles. The summed E-state index contributed by atoms with van der Waals surface area (Å²) in [6.07, 6.45) is 1.57. The third-order valence-corrected chi connectivity index (χ3v) is 4.38. The molecule has 0 aliphatic heterocycles. The lowest BCUT2D eigenvalue weighted by Gasteiger charge is -2.11. The van der Waals surface area contributed by atoms with Gasteiger partial charge in [0.1, 0.15) is 5.69 Å². The zero-order valence-corrected chi connectivity index (χ0v) is 17.4. The number of carbonyl (C=O) groups is 1. The molecule has 0 bridgehead atoms. The molecule has 6 nitrogen and oxygen atoms in total. The van der Waals surface area contributed by atoms with Gasteiger partial charge in [-0.05, 0) is 42.0 Å². The van der Waals surface area contributed by atoms with Crippen LogP contribution in [0.5, 0.6) is 0 Å². The minimum atomic E-state index is -0.409. The zero-order chi connectivity index (χ0) is 19.4. The number of amides is 1. The van der Waals surface area contributed by atoms with Gasteiger partial charge in [0.15, 0.2) is 0 Å². The van der Waals surface area contributed by atoms with E-state index in [1.54, 1.807) is 30.5 Å². The molecule has 0 radical (unpaired) electrons. The fourth-order valence-electron chi connectivity index (χ4n) is 2.35. The highest BCUT2D eigenvalue weighted by Crippen LogP contribution is 2.29. The van der Waals surface area contributed by atoms with E-state index < -0.39 is 5.91 Å². The van der Waals surface area contributed by atoms with Crippen LogP contribution in [-0.4, -0.2) is 36.4 Å². The van der Waals surface area contributed by atoms with Gasteiger partial charge in [-0.15, -0.1) is 12.4 Å². The van der Waals surface area contributed by atoms with Gasteiger partial charge in [-0.2, -0.15) is 10.2 Å². The highest BCUT2D eigenvalue weighted by Gasteiger charge is 2.13. The van der Waals surface area contributed by atoms with Gasteiger partial charge in [-0.25, -0.2) is 5.43 Å². The van der Waals surface area contributed by atoms with E-state index in [1.165, 1.54) is 0 Å². The maximum Gasteiger partial charge on any atom is 0.289 e. The number of carbonyl (C=O) groups excluding carboxylic acids is 1. The van der Waals surface area contributed by atoms with Crippen molar-refractivity contribution in [3.8, 4) is 11.3 Å². The summed E-state index contributed by atoms with van der Waals surface area (Å²) in [7, 11) is 3.94. The van der Waals surface area contributed by atoms with Gasteiger partial charge in [-0.1, -0.05) is 35.3 Å². The topological polar surface area (TPSA) is 73.4 Å². The van der Waals surface area contributed by atoms with Crippen molar-refractivity contribution < 1.29 is 4.79 Å². The van der Waals surface area contributed by atoms with Gasteiger partial charge in [0, 0.05) is 30.4 Å². The predicted octanol–water partition coefficient (Wildman–Crippen LogP) is 4.64. The Morgan fingerprint density at radius 1 is 1.14 bits per heavy atom. The summed E-state index contributed by atoms with van der Waals surface area (Å²) in [5, 5.41) is 11.8. The van der Waals surface area contributed by atoms with E-state index in [2.05, 4.69) is 20.7 Å². The van der Waals surface area contributed by atoms with Gasteiger partial charge in [0.25, 0.3) is 5.91 Å². The molecule has 0 aliphatic rings. The average molecular weight is 439 g/mol.